The highest BCUT2D eigenvalue weighted by Gasteiger charge is 2.19. The topological polar surface area (TPSA) is 28.2 Å². The van der Waals surface area contributed by atoms with Gasteiger partial charge in [-0.3, -0.25) is 0 Å². The monoisotopic (exact) mass is 287 g/mol. The van der Waals surface area contributed by atoms with E-state index < -0.39 is 0 Å². The summed E-state index contributed by atoms with van der Waals surface area (Å²) in [6, 6.07) is 2.41. The first-order chi connectivity index (χ1) is 8.58. The van der Waals surface area contributed by atoms with Gasteiger partial charge in [0.25, 0.3) is 0 Å². The van der Waals surface area contributed by atoms with Gasteiger partial charge in [0.1, 0.15) is 5.15 Å². The minimum absolute atomic E-state index is 0.442. The summed E-state index contributed by atoms with van der Waals surface area (Å²) in [6.07, 6.45) is 3.85. The molecule has 0 amide bonds. The van der Waals surface area contributed by atoms with Crippen molar-refractivity contribution in [3.05, 3.63) is 21.9 Å². The van der Waals surface area contributed by atoms with Crippen molar-refractivity contribution >= 4 is 28.9 Å². The first kappa shape index (κ1) is 13.9. The molecule has 5 heteroatoms. The SMILES string of the molecule is Cc1cc(Cl)nc(Cl)c1NCC1CCCCN1C. The molecule has 2 rings (SSSR count). The van der Waals surface area contributed by atoms with Crippen molar-refractivity contribution in [2.45, 2.75) is 32.2 Å². The number of halogens is 2. The molecule has 3 nitrogen and oxygen atoms in total. The van der Waals surface area contributed by atoms with Crippen LogP contribution in [0.3, 0.4) is 0 Å². The summed E-state index contributed by atoms with van der Waals surface area (Å²) in [7, 11) is 2.18. The molecule has 100 valence electrons. The van der Waals surface area contributed by atoms with Gasteiger partial charge in [0.2, 0.25) is 0 Å². The number of piperidine rings is 1. The number of hydrogen-bond donors (Lipinski definition) is 1. The Hall–Kier alpha value is -0.510. The third-order valence-electron chi connectivity index (χ3n) is 3.58. The Bertz CT molecular complexity index is 400. The number of nitrogens with zero attached hydrogens (tertiary/aromatic N) is 2. The fraction of sp³-hybridized carbons (Fsp3) is 0.615. The maximum atomic E-state index is 6.12. The molecule has 1 atom stereocenters. The number of rotatable bonds is 3. The van der Waals surface area contributed by atoms with Crippen molar-refractivity contribution in [1.82, 2.24) is 9.88 Å². The molecule has 1 aliphatic rings. The number of hydrogen-bond acceptors (Lipinski definition) is 3. The van der Waals surface area contributed by atoms with Crippen LogP contribution in [-0.2, 0) is 0 Å². The number of aryl methyl sites for hydroxylation is 1. The van der Waals surface area contributed by atoms with Crippen molar-refractivity contribution in [2.75, 3.05) is 25.5 Å². The molecule has 1 aromatic rings. The summed E-state index contributed by atoms with van der Waals surface area (Å²) in [5.74, 6) is 0. The number of anilines is 1. The first-order valence-electron chi connectivity index (χ1n) is 6.34. The minimum atomic E-state index is 0.442. The average Bonchev–Trinajstić information content (AvgIpc) is 2.30. The highest BCUT2D eigenvalue weighted by molar-refractivity contribution is 6.34. The molecule has 1 fully saturated rings. The Kier molecular flexibility index (Phi) is 4.71. The third kappa shape index (κ3) is 3.28. The molecular formula is C13H19Cl2N3. The van der Waals surface area contributed by atoms with E-state index in [1.165, 1.54) is 25.8 Å². The predicted octanol–water partition coefficient (Wildman–Crippen LogP) is 3.59. The minimum Gasteiger partial charge on any atom is -0.381 e. The second kappa shape index (κ2) is 6.09. The quantitative estimate of drug-likeness (QED) is 0.861. The van der Waals surface area contributed by atoms with Crippen molar-refractivity contribution in [3.8, 4) is 0 Å². The normalized spacial score (nSPS) is 21.0. The molecule has 0 radical (unpaired) electrons. The summed E-state index contributed by atoms with van der Waals surface area (Å²) >= 11 is 12.0. The zero-order valence-electron chi connectivity index (χ0n) is 10.8. The van der Waals surface area contributed by atoms with Gasteiger partial charge in [-0.2, -0.15) is 0 Å². The maximum absolute atomic E-state index is 6.12. The van der Waals surface area contributed by atoms with Gasteiger partial charge in [-0.05, 0) is 45.0 Å². The van der Waals surface area contributed by atoms with E-state index in [-0.39, 0.29) is 0 Å². The maximum Gasteiger partial charge on any atom is 0.154 e. The van der Waals surface area contributed by atoms with Crippen LogP contribution in [0.1, 0.15) is 24.8 Å². The van der Waals surface area contributed by atoms with Gasteiger partial charge in [0.05, 0.1) is 5.69 Å². The largest absolute Gasteiger partial charge is 0.381 e. The molecule has 2 heterocycles. The summed E-state index contributed by atoms with van der Waals surface area (Å²) in [6.45, 7) is 4.07. The lowest BCUT2D eigenvalue weighted by Crippen LogP contribution is -2.40. The lowest BCUT2D eigenvalue weighted by molar-refractivity contribution is 0.194. The van der Waals surface area contributed by atoms with E-state index in [1.54, 1.807) is 0 Å². The predicted molar refractivity (Wildman–Crippen MR) is 77.8 cm³/mol. The number of likely N-dealkylation sites (tertiary alicyclic amines) is 1. The smallest absolute Gasteiger partial charge is 0.154 e. The van der Waals surface area contributed by atoms with E-state index in [1.807, 2.05) is 13.0 Å². The molecule has 0 aliphatic carbocycles. The fourth-order valence-electron chi connectivity index (χ4n) is 2.43. The van der Waals surface area contributed by atoms with Gasteiger partial charge in [-0.15, -0.1) is 0 Å². The fourth-order valence-corrected chi connectivity index (χ4v) is 3.03. The van der Waals surface area contributed by atoms with Gasteiger partial charge in [0.15, 0.2) is 5.15 Å². The molecule has 1 aromatic heterocycles. The van der Waals surface area contributed by atoms with Crippen LogP contribution >= 0.6 is 23.2 Å². The molecule has 0 aromatic carbocycles. The number of pyridine rings is 1. The van der Waals surface area contributed by atoms with E-state index in [9.17, 15) is 0 Å². The van der Waals surface area contributed by atoms with Crippen LogP contribution in [0.15, 0.2) is 6.07 Å². The molecule has 0 bridgehead atoms. The van der Waals surface area contributed by atoms with E-state index in [4.69, 9.17) is 23.2 Å². The molecular weight excluding hydrogens is 269 g/mol. The zero-order chi connectivity index (χ0) is 13.1. The van der Waals surface area contributed by atoms with Crippen LogP contribution in [0.25, 0.3) is 0 Å². The first-order valence-corrected chi connectivity index (χ1v) is 7.10. The van der Waals surface area contributed by atoms with Gasteiger partial charge >= 0.3 is 0 Å². The summed E-state index contributed by atoms with van der Waals surface area (Å²) in [5, 5.41) is 4.31. The van der Waals surface area contributed by atoms with Gasteiger partial charge in [-0.1, -0.05) is 29.6 Å². The van der Waals surface area contributed by atoms with Crippen molar-refractivity contribution in [2.24, 2.45) is 0 Å². The van der Waals surface area contributed by atoms with Crippen LogP contribution in [-0.4, -0.2) is 36.1 Å². The highest BCUT2D eigenvalue weighted by atomic mass is 35.5. The van der Waals surface area contributed by atoms with Crippen LogP contribution in [0.2, 0.25) is 10.3 Å². The van der Waals surface area contributed by atoms with E-state index in [2.05, 4.69) is 22.2 Å². The van der Waals surface area contributed by atoms with E-state index in [0.717, 1.165) is 17.8 Å². The molecule has 1 N–H and O–H groups in total. The summed E-state index contributed by atoms with van der Waals surface area (Å²) < 4.78 is 0. The van der Waals surface area contributed by atoms with E-state index >= 15 is 0 Å². The lowest BCUT2D eigenvalue weighted by atomic mass is 10.0. The second-order valence-electron chi connectivity index (χ2n) is 4.94. The molecule has 18 heavy (non-hydrogen) atoms. The number of nitrogens with one attached hydrogen (secondary N) is 1. The van der Waals surface area contributed by atoms with E-state index in [0.29, 0.717) is 16.3 Å². The van der Waals surface area contributed by atoms with Crippen LogP contribution < -0.4 is 5.32 Å². The van der Waals surface area contributed by atoms with Crippen molar-refractivity contribution in [3.63, 3.8) is 0 Å². The molecule has 0 saturated carbocycles. The molecule has 0 spiro atoms. The Labute approximate surface area is 118 Å². The summed E-state index contributed by atoms with van der Waals surface area (Å²) in [4.78, 5) is 6.48. The lowest BCUT2D eigenvalue weighted by Gasteiger charge is -2.33. The number of aromatic nitrogens is 1. The second-order valence-corrected chi connectivity index (χ2v) is 5.68. The number of likely N-dealkylation sites (N-methyl/N-ethyl adjacent to an activating group) is 1. The third-order valence-corrected chi connectivity index (χ3v) is 4.04. The van der Waals surface area contributed by atoms with Crippen LogP contribution in [0.4, 0.5) is 5.69 Å². The molecule has 1 unspecified atom stereocenters. The molecule has 1 aliphatic heterocycles. The van der Waals surface area contributed by atoms with Crippen molar-refractivity contribution in [1.29, 1.82) is 0 Å². The Morgan fingerprint density at radius 2 is 2.22 bits per heavy atom. The van der Waals surface area contributed by atoms with Gasteiger partial charge < -0.3 is 10.2 Å². The molecule has 1 saturated heterocycles. The summed E-state index contributed by atoms with van der Waals surface area (Å²) in [5.41, 5.74) is 1.94. The zero-order valence-corrected chi connectivity index (χ0v) is 12.4. The Morgan fingerprint density at radius 3 is 2.89 bits per heavy atom. The van der Waals surface area contributed by atoms with Gasteiger partial charge in [0, 0.05) is 12.6 Å². The van der Waals surface area contributed by atoms with Crippen molar-refractivity contribution < 1.29 is 0 Å². The average molecular weight is 288 g/mol. The Morgan fingerprint density at radius 1 is 1.44 bits per heavy atom. The van der Waals surface area contributed by atoms with Crippen LogP contribution in [0, 0.1) is 6.92 Å². The Balaban J connectivity index is 2.01. The van der Waals surface area contributed by atoms with Gasteiger partial charge in [-0.25, -0.2) is 4.98 Å². The highest BCUT2D eigenvalue weighted by Crippen LogP contribution is 2.27. The standard InChI is InChI=1S/C13H19Cl2N3/c1-9-7-11(14)17-13(15)12(9)16-8-10-5-3-4-6-18(10)2/h7,10,16H,3-6,8H2,1-2H3. The van der Waals surface area contributed by atoms with Crippen LogP contribution in [0.5, 0.6) is 0 Å².